The van der Waals surface area contributed by atoms with Gasteiger partial charge in [-0.1, -0.05) is 6.92 Å². The highest BCUT2D eigenvalue weighted by atomic mass is 16.6. The average molecular weight is 330 g/mol. The normalized spacial score (nSPS) is 18.9. The first kappa shape index (κ1) is 16.0. The van der Waals surface area contributed by atoms with Gasteiger partial charge in [-0.3, -0.25) is 14.9 Å². The summed E-state index contributed by atoms with van der Waals surface area (Å²) in [6, 6.07) is 7.80. The molecule has 7 heteroatoms. The molecule has 0 saturated heterocycles. The molecule has 1 N–H and O–H groups in total. The van der Waals surface area contributed by atoms with E-state index in [-0.39, 0.29) is 17.8 Å². The largest absolute Gasteiger partial charge is 0.497 e. The van der Waals surface area contributed by atoms with E-state index in [1.165, 1.54) is 25.3 Å². The van der Waals surface area contributed by atoms with Gasteiger partial charge < -0.3 is 14.5 Å². The Hall–Kier alpha value is -2.83. The lowest BCUT2D eigenvalue weighted by atomic mass is 10.1. The van der Waals surface area contributed by atoms with Crippen LogP contribution in [0.1, 0.15) is 41.1 Å². The van der Waals surface area contributed by atoms with E-state index in [0.717, 1.165) is 12.2 Å². The second-order valence-corrected chi connectivity index (χ2v) is 5.95. The zero-order valence-electron chi connectivity index (χ0n) is 13.4. The van der Waals surface area contributed by atoms with Crippen LogP contribution in [0.5, 0.6) is 5.75 Å². The maximum absolute atomic E-state index is 12.3. The third-order valence-electron chi connectivity index (χ3n) is 4.23. The standard InChI is InChI=1S/C17H18N2O5/c1-10-7-13(10)16-6-4-12(24-16)9-18-17(20)14-8-11(23-2)3-5-15(14)19(21)22/h3-6,8,10,13H,7,9H2,1-2H3,(H,18,20). The van der Waals surface area contributed by atoms with Gasteiger partial charge in [0.2, 0.25) is 0 Å². The Morgan fingerprint density at radius 3 is 2.79 bits per heavy atom. The van der Waals surface area contributed by atoms with E-state index < -0.39 is 10.8 Å². The number of benzene rings is 1. The molecule has 1 heterocycles. The van der Waals surface area contributed by atoms with Crippen molar-refractivity contribution >= 4 is 11.6 Å². The molecule has 1 amide bonds. The van der Waals surface area contributed by atoms with E-state index >= 15 is 0 Å². The van der Waals surface area contributed by atoms with Crippen LogP contribution < -0.4 is 10.1 Å². The summed E-state index contributed by atoms with van der Waals surface area (Å²) in [5.41, 5.74) is -0.304. The van der Waals surface area contributed by atoms with E-state index in [1.54, 1.807) is 0 Å². The van der Waals surface area contributed by atoms with Crippen LogP contribution in [0, 0.1) is 16.0 Å². The molecule has 1 saturated carbocycles. The molecule has 0 radical (unpaired) electrons. The Morgan fingerprint density at radius 1 is 1.42 bits per heavy atom. The number of nitrogens with zero attached hydrogens (tertiary/aromatic N) is 1. The molecule has 0 aliphatic heterocycles. The lowest BCUT2D eigenvalue weighted by Crippen LogP contribution is -2.23. The quantitative estimate of drug-likeness (QED) is 0.648. The number of rotatable bonds is 6. The fourth-order valence-electron chi connectivity index (χ4n) is 2.65. The van der Waals surface area contributed by atoms with Crippen LogP contribution in [0.15, 0.2) is 34.7 Å². The molecule has 126 valence electrons. The molecule has 2 aromatic rings. The number of ether oxygens (including phenoxy) is 1. The Bertz CT molecular complexity index is 783. The first-order valence-electron chi connectivity index (χ1n) is 7.69. The summed E-state index contributed by atoms with van der Waals surface area (Å²) in [6.45, 7) is 2.34. The molecule has 1 fully saturated rings. The van der Waals surface area contributed by atoms with Gasteiger partial charge in [-0.05, 0) is 36.6 Å². The van der Waals surface area contributed by atoms with Gasteiger partial charge in [0.1, 0.15) is 22.8 Å². The number of carbonyl (C=O) groups excluding carboxylic acids is 1. The molecule has 1 aromatic heterocycles. The van der Waals surface area contributed by atoms with Crippen molar-refractivity contribution < 1.29 is 18.9 Å². The summed E-state index contributed by atoms with van der Waals surface area (Å²) in [4.78, 5) is 22.8. The van der Waals surface area contributed by atoms with E-state index in [9.17, 15) is 14.9 Å². The number of carbonyl (C=O) groups is 1. The lowest BCUT2D eigenvalue weighted by molar-refractivity contribution is -0.385. The van der Waals surface area contributed by atoms with Crippen molar-refractivity contribution in [1.82, 2.24) is 5.32 Å². The summed E-state index contributed by atoms with van der Waals surface area (Å²) >= 11 is 0. The molecular weight excluding hydrogens is 312 g/mol. The van der Waals surface area contributed by atoms with Crippen LogP contribution >= 0.6 is 0 Å². The number of hydrogen-bond acceptors (Lipinski definition) is 5. The summed E-state index contributed by atoms with van der Waals surface area (Å²) in [6.07, 6.45) is 1.12. The first-order valence-corrected chi connectivity index (χ1v) is 7.69. The van der Waals surface area contributed by atoms with Gasteiger partial charge in [-0.25, -0.2) is 0 Å². The molecule has 0 spiro atoms. The van der Waals surface area contributed by atoms with Crippen LogP contribution in [0.25, 0.3) is 0 Å². The predicted octanol–water partition coefficient (Wildman–Crippen LogP) is 3.25. The highest BCUT2D eigenvalue weighted by Crippen LogP contribution is 2.47. The zero-order chi connectivity index (χ0) is 17.3. The third kappa shape index (κ3) is 3.24. The number of furan rings is 1. The molecule has 0 bridgehead atoms. The molecule has 3 rings (SSSR count). The minimum Gasteiger partial charge on any atom is -0.497 e. The molecule has 2 atom stereocenters. The number of amides is 1. The van der Waals surface area contributed by atoms with Crippen molar-refractivity contribution in [3.05, 3.63) is 57.5 Å². The van der Waals surface area contributed by atoms with E-state index in [1.807, 2.05) is 12.1 Å². The predicted molar refractivity (Wildman–Crippen MR) is 86.0 cm³/mol. The highest BCUT2D eigenvalue weighted by Gasteiger charge is 2.36. The Morgan fingerprint density at radius 2 is 2.17 bits per heavy atom. The number of methoxy groups -OCH3 is 1. The van der Waals surface area contributed by atoms with Gasteiger partial charge in [0.05, 0.1) is 18.6 Å². The van der Waals surface area contributed by atoms with Crippen molar-refractivity contribution in [3.63, 3.8) is 0 Å². The van der Waals surface area contributed by atoms with Crippen LogP contribution in [0.3, 0.4) is 0 Å². The maximum Gasteiger partial charge on any atom is 0.282 e. The van der Waals surface area contributed by atoms with Gasteiger partial charge in [0, 0.05) is 12.0 Å². The van der Waals surface area contributed by atoms with Crippen molar-refractivity contribution in [1.29, 1.82) is 0 Å². The smallest absolute Gasteiger partial charge is 0.282 e. The molecule has 7 nitrogen and oxygen atoms in total. The van der Waals surface area contributed by atoms with Gasteiger partial charge in [0.15, 0.2) is 0 Å². The van der Waals surface area contributed by atoms with Gasteiger partial charge in [0.25, 0.3) is 11.6 Å². The van der Waals surface area contributed by atoms with E-state index in [2.05, 4.69) is 12.2 Å². The summed E-state index contributed by atoms with van der Waals surface area (Å²) in [7, 11) is 1.44. The first-order chi connectivity index (χ1) is 11.5. The highest BCUT2D eigenvalue weighted by molar-refractivity contribution is 5.98. The van der Waals surface area contributed by atoms with E-state index in [4.69, 9.17) is 9.15 Å². The summed E-state index contributed by atoms with van der Waals surface area (Å²) < 4.78 is 10.7. The lowest BCUT2D eigenvalue weighted by Gasteiger charge is -2.06. The summed E-state index contributed by atoms with van der Waals surface area (Å²) in [5, 5.41) is 13.7. The minimum atomic E-state index is -0.589. The fourth-order valence-corrected chi connectivity index (χ4v) is 2.65. The van der Waals surface area contributed by atoms with Crippen molar-refractivity contribution in [2.24, 2.45) is 5.92 Å². The number of hydrogen-bond donors (Lipinski definition) is 1. The number of nitro groups is 1. The molecule has 1 aliphatic rings. The number of nitro benzene ring substituents is 1. The van der Waals surface area contributed by atoms with Crippen molar-refractivity contribution in [2.45, 2.75) is 25.8 Å². The van der Waals surface area contributed by atoms with E-state index in [0.29, 0.717) is 23.3 Å². The van der Waals surface area contributed by atoms with Gasteiger partial charge >= 0.3 is 0 Å². The second kappa shape index (κ2) is 6.35. The number of nitrogens with one attached hydrogen (secondary N) is 1. The summed E-state index contributed by atoms with van der Waals surface area (Å²) in [5.74, 6) is 2.50. The van der Waals surface area contributed by atoms with Gasteiger partial charge in [-0.2, -0.15) is 0 Å². The zero-order valence-corrected chi connectivity index (χ0v) is 13.4. The molecular formula is C17H18N2O5. The van der Waals surface area contributed by atoms with Crippen molar-refractivity contribution in [2.75, 3.05) is 7.11 Å². The average Bonchev–Trinajstić information content (AvgIpc) is 3.12. The second-order valence-electron chi connectivity index (χ2n) is 5.95. The Kier molecular flexibility index (Phi) is 4.24. The minimum absolute atomic E-state index is 0.0399. The van der Waals surface area contributed by atoms with Crippen LogP contribution in [-0.4, -0.2) is 17.9 Å². The van der Waals surface area contributed by atoms with Gasteiger partial charge in [-0.15, -0.1) is 0 Å². The Labute approximate surface area is 138 Å². The van der Waals surface area contributed by atoms with Crippen LogP contribution in [-0.2, 0) is 6.54 Å². The van der Waals surface area contributed by atoms with Crippen molar-refractivity contribution in [3.8, 4) is 5.75 Å². The molecule has 24 heavy (non-hydrogen) atoms. The van der Waals surface area contributed by atoms with Crippen LogP contribution in [0.4, 0.5) is 5.69 Å². The third-order valence-corrected chi connectivity index (χ3v) is 4.23. The Balaban J connectivity index is 1.70. The molecule has 2 unspecified atom stereocenters. The maximum atomic E-state index is 12.3. The fraction of sp³-hybridized carbons (Fsp3) is 0.353. The molecule has 1 aromatic carbocycles. The topological polar surface area (TPSA) is 94.6 Å². The molecule has 1 aliphatic carbocycles. The van der Waals surface area contributed by atoms with Crippen LogP contribution in [0.2, 0.25) is 0 Å². The monoisotopic (exact) mass is 330 g/mol. The SMILES string of the molecule is COc1ccc([N+](=O)[O-])c(C(=O)NCc2ccc(C3CC3C)o2)c1.